The van der Waals surface area contributed by atoms with Crippen molar-refractivity contribution in [1.82, 2.24) is 4.90 Å². The first-order valence-corrected chi connectivity index (χ1v) is 9.44. The summed E-state index contributed by atoms with van der Waals surface area (Å²) in [5.41, 5.74) is 0. The van der Waals surface area contributed by atoms with Crippen LogP contribution in [0.2, 0.25) is 10.0 Å². The molecule has 1 aliphatic rings. The Morgan fingerprint density at radius 2 is 2.21 bits per heavy atom. The number of halogens is 2. The van der Waals surface area contributed by atoms with E-state index in [1.54, 1.807) is 24.5 Å². The molecular formula is C17H17Cl2NO3S. The summed E-state index contributed by atoms with van der Waals surface area (Å²) in [6.07, 6.45) is 2.55. The van der Waals surface area contributed by atoms with Crippen LogP contribution in [0.3, 0.4) is 0 Å². The zero-order chi connectivity index (χ0) is 16.9. The van der Waals surface area contributed by atoms with Crippen molar-refractivity contribution in [2.45, 2.75) is 11.7 Å². The molecule has 4 nitrogen and oxygen atoms in total. The highest BCUT2D eigenvalue weighted by Gasteiger charge is 2.23. The van der Waals surface area contributed by atoms with E-state index in [9.17, 15) is 4.79 Å². The second-order valence-corrected chi connectivity index (χ2v) is 7.56. The molecule has 0 aliphatic carbocycles. The Morgan fingerprint density at radius 1 is 1.33 bits per heavy atom. The van der Waals surface area contributed by atoms with Gasteiger partial charge in [-0.25, -0.2) is 0 Å². The summed E-state index contributed by atoms with van der Waals surface area (Å²) < 4.78 is 11.0. The van der Waals surface area contributed by atoms with Crippen LogP contribution in [0.25, 0.3) is 0 Å². The molecule has 0 unspecified atom stereocenters. The maximum absolute atomic E-state index is 12.4. The van der Waals surface area contributed by atoms with Gasteiger partial charge in [-0.1, -0.05) is 23.2 Å². The van der Waals surface area contributed by atoms with E-state index in [1.165, 1.54) is 0 Å². The molecule has 3 rings (SSSR count). The summed E-state index contributed by atoms with van der Waals surface area (Å²) >= 11 is 13.7. The van der Waals surface area contributed by atoms with E-state index in [-0.39, 0.29) is 12.5 Å². The van der Waals surface area contributed by atoms with Gasteiger partial charge < -0.3 is 14.1 Å². The molecule has 0 bridgehead atoms. The fourth-order valence-electron chi connectivity index (χ4n) is 2.54. The van der Waals surface area contributed by atoms with Gasteiger partial charge in [-0.3, -0.25) is 4.79 Å². The highest BCUT2D eigenvalue weighted by molar-refractivity contribution is 7.99. The lowest BCUT2D eigenvalue weighted by atomic mass is 10.2. The van der Waals surface area contributed by atoms with E-state index < -0.39 is 0 Å². The molecule has 0 saturated carbocycles. The quantitative estimate of drug-likeness (QED) is 0.766. The van der Waals surface area contributed by atoms with E-state index in [4.69, 9.17) is 32.4 Å². The highest BCUT2D eigenvalue weighted by Crippen LogP contribution is 2.34. The third-order valence-electron chi connectivity index (χ3n) is 3.80. The van der Waals surface area contributed by atoms with Gasteiger partial charge >= 0.3 is 0 Å². The van der Waals surface area contributed by atoms with Gasteiger partial charge in [0.05, 0.1) is 16.5 Å². The van der Waals surface area contributed by atoms with Crippen molar-refractivity contribution < 1.29 is 13.9 Å². The Balaban J connectivity index is 1.53. The first-order valence-electron chi connectivity index (χ1n) is 7.64. The largest absolute Gasteiger partial charge is 0.482 e. The number of amides is 1. The number of thioether (sulfide) groups is 1. The molecule has 1 aliphatic heterocycles. The van der Waals surface area contributed by atoms with Gasteiger partial charge in [0.1, 0.15) is 11.5 Å². The predicted molar refractivity (Wildman–Crippen MR) is 97.1 cm³/mol. The molecule has 1 aromatic carbocycles. The predicted octanol–water partition coefficient (Wildman–Crippen LogP) is 4.67. The van der Waals surface area contributed by atoms with Gasteiger partial charge in [0.15, 0.2) is 6.61 Å². The van der Waals surface area contributed by atoms with Crippen LogP contribution in [0.15, 0.2) is 41.0 Å². The monoisotopic (exact) mass is 385 g/mol. The Hall–Kier alpha value is -1.30. The summed E-state index contributed by atoms with van der Waals surface area (Å²) in [5, 5.41) is 1.23. The van der Waals surface area contributed by atoms with E-state index in [1.807, 2.05) is 28.8 Å². The number of ether oxygens (including phenoxy) is 1. The molecule has 2 aromatic rings. The van der Waals surface area contributed by atoms with Crippen LogP contribution < -0.4 is 4.74 Å². The summed E-state index contributed by atoms with van der Waals surface area (Å²) in [4.78, 5) is 14.2. The number of hydrogen-bond donors (Lipinski definition) is 0. The van der Waals surface area contributed by atoms with Gasteiger partial charge in [0.2, 0.25) is 0 Å². The molecule has 2 heterocycles. The number of furan rings is 1. The summed E-state index contributed by atoms with van der Waals surface area (Å²) in [5.74, 6) is 2.27. The highest BCUT2D eigenvalue weighted by atomic mass is 35.5. The summed E-state index contributed by atoms with van der Waals surface area (Å²) in [6.45, 7) is 1.37. The summed E-state index contributed by atoms with van der Waals surface area (Å²) in [6, 6.07) is 8.83. The minimum absolute atomic E-state index is 0.0303. The molecule has 7 heteroatoms. The maximum atomic E-state index is 12.4. The zero-order valence-corrected chi connectivity index (χ0v) is 15.2. The summed E-state index contributed by atoms with van der Waals surface area (Å²) in [7, 11) is 0. The van der Waals surface area contributed by atoms with Gasteiger partial charge in [-0.2, -0.15) is 0 Å². The van der Waals surface area contributed by atoms with Crippen LogP contribution in [-0.4, -0.2) is 36.3 Å². The lowest BCUT2D eigenvalue weighted by Crippen LogP contribution is -2.36. The van der Waals surface area contributed by atoms with E-state index in [0.29, 0.717) is 34.1 Å². The van der Waals surface area contributed by atoms with Crippen LogP contribution in [0.4, 0.5) is 0 Å². The van der Waals surface area contributed by atoms with Crippen LogP contribution in [0.1, 0.15) is 17.4 Å². The van der Waals surface area contributed by atoms with E-state index >= 15 is 0 Å². The minimum Gasteiger partial charge on any atom is -0.482 e. The molecule has 128 valence electrons. The first-order chi connectivity index (χ1) is 11.6. The number of carbonyl (C=O) groups excluding carboxylic acids is 1. The van der Waals surface area contributed by atoms with Crippen molar-refractivity contribution in [2.75, 3.05) is 25.4 Å². The van der Waals surface area contributed by atoms with Crippen molar-refractivity contribution >= 4 is 40.9 Å². The molecule has 1 atom stereocenters. The number of benzene rings is 1. The molecule has 1 amide bonds. The van der Waals surface area contributed by atoms with Gasteiger partial charge in [-0.15, -0.1) is 11.8 Å². The standard InChI is InChI=1S/C17H17Cl2NO3S/c18-12-3-4-14(13(19)10-12)23-11-17(21)20-6-5-16(24-9-7-20)15-2-1-8-22-15/h1-4,8,10,16H,5-7,9,11H2/t16-/m1/s1. The molecule has 0 radical (unpaired) electrons. The Labute approximate surface area is 155 Å². The molecule has 24 heavy (non-hydrogen) atoms. The lowest BCUT2D eigenvalue weighted by Gasteiger charge is -2.20. The SMILES string of the molecule is O=C(COc1ccc(Cl)cc1Cl)N1CCS[C@@H](c2ccco2)CC1. The van der Waals surface area contributed by atoms with Crippen LogP contribution in [0.5, 0.6) is 5.75 Å². The molecule has 0 N–H and O–H groups in total. The Morgan fingerprint density at radius 3 is 2.96 bits per heavy atom. The lowest BCUT2D eigenvalue weighted by molar-refractivity contribution is -0.133. The normalized spacial score (nSPS) is 18.2. The fraction of sp³-hybridized carbons (Fsp3) is 0.353. The Bertz CT molecular complexity index is 693. The van der Waals surface area contributed by atoms with Gasteiger partial charge in [0, 0.05) is 23.9 Å². The molecule has 1 saturated heterocycles. The topological polar surface area (TPSA) is 42.7 Å². The molecule has 1 aromatic heterocycles. The van der Waals surface area contributed by atoms with Crippen molar-refractivity contribution in [3.05, 3.63) is 52.4 Å². The smallest absolute Gasteiger partial charge is 0.260 e. The van der Waals surface area contributed by atoms with Crippen LogP contribution in [-0.2, 0) is 4.79 Å². The average molecular weight is 386 g/mol. The van der Waals surface area contributed by atoms with Crippen molar-refractivity contribution in [3.63, 3.8) is 0 Å². The van der Waals surface area contributed by atoms with Crippen molar-refractivity contribution in [1.29, 1.82) is 0 Å². The van der Waals surface area contributed by atoms with Gasteiger partial charge in [-0.05, 0) is 36.8 Å². The van der Waals surface area contributed by atoms with Crippen molar-refractivity contribution in [3.8, 4) is 5.75 Å². The van der Waals surface area contributed by atoms with Gasteiger partial charge in [0.25, 0.3) is 5.91 Å². The third-order valence-corrected chi connectivity index (χ3v) is 5.62. The Kier molecular flexibility index (Phi) is 5.98. The zero-order valence-electron chi connectivity index (χ0n) is 12.9. The molecular weight excluding hydrogens is 369 g/mol. The average Bonchev–Trinajstić information content (AvgIpc) is 2.98. The second-order valence-electron chi connectivity index (χ2n) is 5.41. The number of rotatable bonds is 4. The fourth-order valence-corrected chi connectivity index (χ4v) is 4.19. The van der Waals surface area contributed by atoms with E-state index in [0.717, 1.165) is 17.9 Å². The van der Waals surface area contributed by atoms with Crippen molar-refractivity contribution in [2.24, 2.45) is 0 Å². The third kappa shape index (κ3) is 4.41. The van der Waals surface area contributed by atoms with E-state index in [2.05, 4.69) is 0 Å². The first kappa shape index (κ1) is 17.5. The number of hydrogen-bond acceptors (Lipinski definition) is 4. The molecule has 1 fully saturated rings. The number of carbonyl (C=O) groups is 1. The maximum Gasteiger partial charge on any atom is 0.260 e. The second kappa shape index (κ2) is 8.19. The molecule has 0 spiro atoms. The minimum atomic E-state index is -0.0401. The van der Waals surface area contributed by atoms with Crippen LogP contribution >= 0.6 is 35.0 Å². The van der Waals surface area contributed by atoms with Crippen LogP contribution in [0, 0.1) is 0 Å². The number of nitrogens with zero attached hydrogens (tertiary/aromatic N) is 1.